The number of rotatable bonds is 11. The average molecular weight is 489 g/mol. The number of benzene rings is 3. The SMILES string of the molecule is CO/C=C(/C(=O)OC)c1ccccc1COc1cccc(C(=O)/C=C/c2ccc(OC)c(OC)c2)c1. The van der Waals surface area contributed by atoms with Crippen molar-refractivity contribution in [3.63, 3.8) is 0 Å². The Kier molecular flexibility index (Phi) is 9.28. The number of methoxy groups -OCH3 is 4. The molecule has 0 radical (unpaired) electrons. The molecule has 7 heteroatoms. The highest BCUT2D eigenvalue weighted by atomic mass is 16.5. The van der Waals surface area contributed by atoms with Gasteiger partial charge < -0.3 is 23.7 Å². The van der Waals surface area contributed by atoms with Gasteiger partial charge in [0, 0.05) is 5.56 Å². The Morgan fingerprint density at radius 3 is 2.33 bits per heavy atom. The van der Waals surface area contributed by atoms with Crippen molar-refractivity contribution in [2.45, 2.75) is 6.61 Å². The minimum absolute atomic E-state index is 0.174. The number of allylic oxidation sites excluding steroid dienone is 1. The van der Waals surface area contributed by atoms with E-state index in [1.807, 2.05) is 24.3 Å². The molecule has 3 rings (SSSR count). The highest BCUT2D eigenvalue weighted by molar-refractivity contribution is 6.16. The number of hydrogen-bond acceptors (Lipinski definition) is 7. The Labute approximate surface area is 210 Å². The molecule has 0 N–H and O–H groups in total. The molecule has 0 aliphatic carbocycles. The first-order valence-electron chi connectivity index (χ1n) is 11.1. The van der Waals surface area contributed by atoms with Gasteiger partial charge in [-0.3, -0.25) is 4.79 Å². The van der Waals surface area contributed by atoms with Gasteiger partial charge in [0.2, 0.25) is 0 Å². The van der Waals surface area contributed by atoms with Crippen molar-refractivity contribution in [1.82, 2.24) is 0 Å². The smallest absolute Gasteiger partial charge is 0.341 e. The molecular formula is C29H28O7. The number of ketones is 1. The van der Waals surface area contributed by atoms with Gasteiger partial charge in [0.15, 0.2) is 17.3 Å². The first kappa shape index (κ1) is 26.1. The van der Waals surface area contributed by atoms with E-state index >= 15 is 0 Å². The molecule has 0 saturated heterocycles. The van der Waals surface area contributed by atoms with Gasteiger partial charge in [0.1, 0.15) is 17.9 Å². The summed E-state index contributed by atoms with van der Waals surface area (Å²) in [6.07, 6.45) is 4.55. The van der Waals surface area contributed by atoms with E-state index in [1.165, 1.54) is 26.6 Å². The maximum Gasteiger partial charge on any atom is 0.341 e. The van der Waals surface area contributed by atoms with Gasteiger partial charge in [0.25, 0.3) is 0 Å². The molecule has 0 amide bonds. The molecule has 186 valence electrons. The number of carbonyl (C=O) groups excluding carboxylic acids is 2. The summed E-state index contributed by atoms with van der Waals surface area (Å²) in [5.41, 5.74) is 2.96. The minimum Gasteiger partial charge on any atom is -0.503 e. The van der Waals surface area contributed by atoms with Crippen LogP contribution in [0.15, 0.2) is 79.1 Å². The van der Waals surface area contributed by atoms with Crippen molar-refractivity contribution in [3.05, 3.63) is 101 Å². The van der Waals surface area contributed by atoms with Crippen LogP contribution in [0.25, 0.3) is 11.6 Å². The summed E-state index contributed by atoms with van der Waals surface area (Å²) in [7, 11) is 5.90. The molecule has 0 heterocycles. The zero-order valence-electron chi connectivity index (χ0n) is 20.6. The lowest BCUT2D eigenvalue weighted by molar-refractivity contribution is -0.133. The van der Waals surface area contributed by atoms with E-state index in [1.54, 1.807) is 62.8 Å². The van der Waals surface area contributed by atoms with Crippen LogP contribution in [0, 0.1) is 0 Å². The Hall–Kier alpha value is -4.52. The average Bonchev–Trinajstić information content (AvgIpc) is 2.93. The van der Waals surface area contributed by atoms with Crippen molar-refractivity contribution in [1.29, 1.82) is 0 Å². The van der Waals surface area contributed by atoms with Gasteiger partial charge in [-0.05, 0) is 47.0 Å². The molecule has 0 unspecified atom stereocenters. The van der Waals surface area contributed by atoms with E-state index < -0.39 is 5.97 Å². The Bertz CT molecular complexity index is 1270. The maximum atomic E-state index is 12.8. The normalized spacial score (nSPS) is 11.2. The molecule has 0 fully saturated rings. The largest absolute Gasteiger partial charge is 0.503 e. The Balaban J connectivity index is 1.74. The van der Waals surface area contributed by atoms with Crippen LogP contribution in [0.5, 0.6) is 17.2 Å². The fourth-order valence-electron chi connectivity index (χ4n) is 3.48. The van der Waals surface area contributed by atoms with Gasteiger partial charge in [-0.15, -0.1) is 0 Å². The molecule has 0 aromatic heterocycles. The fraction of sp³-hybridized carbons (Fsp3) is 0.172. The lowest BCUT2D eigenvalue weighted by atomic mass is 10.0. The zero-order valence-corrected chi connectivity index (χ0v) is 20.6. The van der Waals surface area contributed by atoms with Crippen LogP contribution in [-0.4, -0.2) is 40.2 Å². The first-order valence-corrected chi connectivity index (χ1v) is 11.1. The van der Waals surface area contributed by atoms with Crippen LogP contribution >= 0.6 is 0 Å². The van der Waals surface area contributed by atoms with Gasteiger partial charge >= 0.3 is 5.97 Å². The third-order valence-electron chi connectivity index (χ3n) is 5.30. The van der Waals surface area contributed by atoms with Gasteiger partial charge in [-0.25, -0.2) is 4.79 Å². The topological polar surface area (TPSA) is 80.3 Å². The molecular weight excluding hydrogens is 460 g/mol. The van der Waals surface area contributed by atoms with Crippen LogP contribution < -0.4 is 14.2 Å². The summed E-state index contributed by atoms with van der Waals surface area (Å²) in [6, 6.07) is 19.6. The molecule has 0 aliphatic heterocycles. The Morgan fingerprint density at radius 2 is 1.61 bits per heavy atom. The predicted molar refractivity (Wildman–Crippen MR) is 137 cm³/mol. The summed E-state index contributed by atoms with van der Waals surface area (Å²) < 4.78 is 26.4. The highest BCUT2D eigenvalue weighted by Gasteiger charge is 2.17. The lowest BCUT2D eigenvalue weighted by Gasteiger charge is -2.13. The zero-order chi connectivity index (χ0) is 25.9. The van der Waals surface area contributed by atoms with E-state index in [-0.39, 0.29) is 18.0 Å². The summed E-state index contributed by atoms with van der Waals surface area (Å²) in [4.78, 5) is 25.0. The van der Waals surface area contributed by atoms with Crippen molar-refractivity contribution in [2.24, 2.45) is 0 Å². The maximum absolute atomic E-state index is 12.8. The van der Waals surface area contributed by atoms with Crippen molar-refractivity contribution >= 4 is 23.4 Å². The summed E-state index contributed by atoms with van der Waals surface area (Å²) in [5, 5.41) is 0. The summed E-state index contributed by atoms with van der Waals surface area (Å²) >= 11 is 0. The number of carbonyl (C=O) groups is 2. The van der Waals surface area contributed by atoms with Crippen LogP contribution in [0.4, 0.5) is 0 Å². The minimum atomic E-state index is -0.516. The second-order valence-corrected chi connectivity index (χ2v) is 7.54. The quantitative estimate of drug-likeness (QED) is 0.156. The van der Waals surface area contributed by atoms with Gasteiger partial charge in [0.05, 0.1) is 34.7 Å². The van der Waals surface area contributed by atoms with Crippen molar-refractivity contribution < 1.29 is 33.3 Å². The van der Waals surface area contributed by atoms with Gasteiger partial charge in [-0.1, -0.05) is 48.5 Å². The van der Waals surface area contributed by atoms with Crippen LogP contribution in [0.3, 0.4) is 0 Å². The monoisotopic (exact) mass is 488 g/mol. The second-order valence-electron chi connectivity index (χ2n) is 7.54. The first-order chi connectivity index (χ1) is 17.5. The molecule has 7 nitrogen and oxygen atoms in total. The van der Waals surface area contributed by atoms with E-state index in [9.17, 15) is 9.59 Å². The number of ether oxygens (including phenoxy) is 5. The Morgan fingerprint density at radius 1 is 0.833 bits per heavy atom. The van der Waals surface area contributed by atoms with Crippen molar-refractivity contribution in [3.8, 4) is 17.2 Å². The van der Waals surface area contributed by atoms with Crippen LogP contribution in [-0.2, 0) is 20.9 Å². The third-order valence-corrected chi connectivity index (χ3v) is 5.30. The standard InChI is InChI=1S/C29H28O7/c1-32-19-25(29(31)35-4)24-11-6-5-8-22(24)18-36-23-10-7-9-21(17-23)26(30)14-12-20-13-15-27(33-2)28(16-20)34-3/h5-17,19H,18H2,1-4H3/b14-12+,25-19+. The predicted octanol–water partition coefficient (Wildman–Crippen LogP) is 5.34. The molecule has 0 bridgehead atoms. The summed E-state index contributed by atoms with van der Waals surface area (Å²) in [6.45, 7) is 0.174. The lowest BCUT2D eigenvalue weighted by Crippen LogP contribution is -2.08. The van der Waals surface area contributed by atoms with E-state index in [0.717, 1.165) is 11.1 Å². The van der Waals surface area contributed by atoms with Crippen molar-refractivity contribution in [2.75, 3.05) is 28.4 Å². The van der Waals surface area contributed by atoms with E-state index in [0.29, 0.717) is 28.4 Å². The molecule has 0 aliphatic rings. The molecule has 36 heavy (non-hydrogen) atoms. The fourth-order valence-corrected chi connectivity index (χ4v) is 3.48. The molecule has 0 spiro atoms. The number of esters is 1. The van der Waals surface area contributed by atoms with E-state index in [2.05, 4.69) is 0 Å². The van der Waals surface area contributed by atoms with E-state index in [4.69, 9.17) is 23.7 Å². The highest BCUT2D eigenvalue weighted by Crippen LogP contribution is 2.28. The van der Waals surface area contributed by atoms with Gasteiger partial charge in [-0.2, -0.15) is 0 Å². The molecule has 3 aromatic rings. The van der Waals surface area contributed by atoms with Crippen LogP contribution in [0.1, 0.15) is 27.0 Å². The summed E-state index contributed by atoms with van der Waals surface area (Å²) in [5.74, 6) is 1.03. The van der Waals surface area contributed by atoms with Crippen LogP contribution in [0.2, 0.25) is 0 Å². The molecule has 0 saturated carbocycles. The molecule has 0 atom stereocenters. The third kappa shape index (κ3) is 6.54. The molecule has 3 aromatic carbocycles. The second kappa shape index (κ2) is 12.8. The number of hydrogen-bond donors (Lipinski definition) is 0.